The highest BCUT2D eigenvalue weighted by atomic mass is 14.9. The van der Waals surface area contributed by atoms with Crippen molar-refractivity contribution in [3.8, 4) is 0 Å². The minimum atomic E-state index is 0.315. The molecule has 1 unspecified atom stereocenters. The first kappa shape index (κ1) is 9.71. The Labute approximate surface area is 89.7 Å². The Morgan fingerprint density at radius 3 is 2.73 bits per heavy atom. The van der Waals surface area contributed by atoms with Crippen LogP contribution < -0.4 is 0 Å². The molecule has 0 bridgehead atoms. The number of nitrogens with one attached hydrogen (secondary N) is 1. The van der Waals surface area contributed by atoms with Crippen LogP contribution >= 0.6 is 0 Å². The second kappa shape index (κ2) is 4.60. The van der Waals surface area contributed by atoms with Crippen LogP contribution in [0, 0.1) is 0 Å². The molecule has 0 aliphatic heterocycles. The summed E-state index contributed by atoms with van der Waals surface area (Å²) in [5.74, 6) is 0.315. The van der Waals surface area contributed by atoms with Crippen molar-refractivity contribution in [2.45, 2.75) is 12.3 Å². The summed E-state index contributed by atoms with van der Waals surface area (Å²) in [5.41, 5.74) is 2.35. The largest absolute Gasteiger partial charge is 0.351 e. The molecule has 1 aromatic heterocycles. The second-order valence-corrected chi connectivity index (χ2v) is 3.48. The van der Waals surface area contributed by atoms with E-state index in [2.05, 4.69) is 40.8 Å². The fourth-order valence-electron chi connectivity index (χ4n) is 1.74. The van der Waals surface area contributed by atoms with E-state index >= 15 is 0 Å². The SMILES string of the molecule is C=CCC(c1ccccc1)c1c[nH]cn1. The third-order valence-electron chi connectivity index (χ3n) is 2.48. The van der Waals surface area contributed by atoms with Gasteiger partial charge < -0.3 is 4.98 Å². The van der Waals surface area contributed by atoms with Gasteiger partial charge in [-0.15, -0.1) is 6.58 Å². The average Bonchev–Trinajstić information content (AvgIpc) is 2.80. The Kier molecular flexibility index (Phi) is 2.98. The minimum absolute atomic E-state index is 0.315. The van der Waals surface area contributed by atoms with Crippen molar-refractivity contribution in [2.75, 3.05) is 0 Å². The molecule has 2 rings (SSSR count). The minimum Gasteiger partial charge on any atom is -0.351 e. The molecule has 0 saturated heterocycles. The zero-order valence-electron chi connectivity index (χ0n) is 8.56. The first-order valence-electron chi connectivity index (χ1n) is 5.06. The van der Waals surface area contributed by atoms with Crippen LogP contribution in [0.1, 0.15) is 23.6 Å². The van der Waals surface area contributed by atoms with Crippen molar-refractivity contribution < 1.29 is 0 Å². The lowest BCUT2D eigenvalue weighted by Gasteiger charge is -2.12. The maximum Gasteiger partial charge on any atom is 0.0923 e. The Morgan fingerprint density at radius 1 is 1.33 bits per heavy atom. The molecule has 1 atom stereocenters. The number of hydrogen-bond acceptors (Lipinski definition) is 1. The van der Waals surface area contributed by atoms with Crippen LogP contribution in [-0.4, -0.2) is 9.97 Å². The van der Waals surface area contributed by atoms with Crippen LogP contribution in [0.15, 0.2) is 55.5 Å². The molecular formula is C13H14N2. The summed E-state index contributed by atoms with van der Waals surface area (Å²) in [7, 11) is 0. The summed E-state index contributed by atoms with van der Waals surface area (Å²) in [5, 5.41) is 0. The highest BCUT2D eigenvalue weighted by Crippen LogP contribution is 2.25. The molecule has 0 aliphatic rings. The lowest BCUT2D eigenvalue weighted by Crippen LogP contribution is -1.99. The van der Waals surface area contributed by atoms with Gasteiger partial charge in [-0.3, -0.25) is 0 Å². The molecular weight excluding hydrogens is 184 g/mol. The van der Waals surface area contributed by atoms with Crippen LogP contribution in [0.4, 0.5) is 0 Å². The number of rotatable bonds is 4. The molecule has 2 nitrogen and oxygen atoms in total. The Bertz CT molecular complexity index is 403. The molecule has 2 heteroatoms. The smallest absolute Gasteiger partial charge is 0.0923 e. The third-order valence-corrected chi connectivity index (χ3v) is 2.48. The van der Waals surface area contributed by atoms with E-state index in [4.69, 9.17) is 0 Å². The van der Waals surface area contributed by atoms with Gasteiger partial charge in [0.2, 0.25) is 0 Å². The first-order chi connectivity index (χ1) is 7.42. The number of aromatic nitrogens is 2. The molecule has 1 aromatic carbocycles. The van der Waals surface area contributed by atoms with Crippen LogP contribution in [0.3, 0.4) is 0 Å². The molecule has 1 N–H and O–H groups in total. The van der Waals surface area contributed by atoms with Crippen molar-refractivity contribution in [1.29, 1.82) is 0 Å². The monoisotopic (exact) mass is 198 g/mol. The quantitative estimate of drug-likeness (QED) is 0.751. The number of benzene rings is 1. The number of nitrogens with zero attached hydrogens (tertiary/aromatic N) is 1. The second-order valence-electron chi connectivity index (χ2n) is 3.48. The Hall–Kier alpha value is -1.83. The van der Waals surface area contributed by atoms with Crippen LogP contribution in [0.5, 0.6) is 0 Å². The predicted octanol–water partition coefficient (Wildman–Crippen LogP) is 3.12. The third kappa shape index (κ3) is 2.15. The molecule has 2 aromatic rings. The van der Waals surface area contributed by atoms with Gasteiger partial charge in [-0.05, 0) is 12.0 Å². The molecule has 0 amide bonds. The van der Waals surface area contributed by atoms with Crippen LogP contribution in [0.25, 0.3) is 0 Å². The summed E-state index contributed by atoms with van der Waals surface area (Å²) >= 11 is 0. The van der Waals surface area contributed by atoms with Gasteiger partial charge in [0.05, 0.1) is 12.0 Å². The maximum absolute atomic E-state index is 4.31. The molecule has 0 fully saturated rings. The van der Waals surface area contributed by atoms with E-state index in [-0.39, 0.29) is 0 Å². The van der Waals surface area contributed by atoms with Gasteiger partial charge in [0.15, 0.2) is 0 Å². The van der Waals surface area contributed by atoms with Crippen LogP contribution in [-0.2, 0) is 0 Å². The number of aromatic amines is 1. The summed E-state index contributed by atoms with van der Waals surface area (Å²) in [4.78, 5) is 7.30. The molecule has 76 valence electrons. The van der Waals surface area contributed by atoms with Gasteiger partial charge in [-0.2, -0.15) is 0 Å². The molecule has 0 radical (unpaired) electrons. The van der Waals surface area contributed by atoms with Crippen molar-refractivity contribution in [3.05, 3.63) is 66.8 Å². The van der Waals surface area contributed by atoms with Crippen molar-refractivity contribution in [3.63, 3.8) is 0 Å². The molecule has 15 heavy (non-hydrogen) atoms. The van der Waals surface area contributed by atoms with E-state index in [1.165, 1.54) is 5.56 Å². The lowest BCUT2D eigenvalue weighted by molar-refractivity contribution is 0.803. The summed E-state index contributed by atoms with van der Waals surface area (Å²) < 4.78 is 0. The van der Waals surface area contributed by atoms with E-state index in [1.54, 1.807) is 6.33 Å². The van der Waals surface area contributed by atoms with Gasteiger partial charge in [-0.25, -0.2) is 4.98 Å². The molecule has 0 saturated carbocycles. The number of H-pyrrole nitrogens is 1. The zero-order valence-corrected chi connectivity index (χ0v) is 8.56. The fourth-order valence-corrected chi connectivity index (χ4v) is 1.74. The highest BCUT2D eigenvalue weighted by molar-refractivity contribution is 5.27. The highest BCUT2D eigenvalue weighted by Gasteiger charge is 2.13. The normalized spacial score (nSPS) is 12.3. The van der Waals surface area contributed by atoms with E-state index in [0.29, 0.717) is 5.92 Å². The maximum atomic E-state index is 4.31. The van der Waals surface area contributed by atoms with Crippen molar-refractivity contribution in [1.82, 2.24) is 9.97 Å². The summed E-state index contributed by atoms with van der Waals surface area (Å²) in [6.07, 6.45) is 6.51. The van der Waals surface area contributed by atoms with Gasteiger partial charge in [-0.1, -0.05) is 36.4 Å². The Morgan fingerprint density at radius 2 is 2.13 bits per heavy atom. The fraction of sp³-hybridized carbons (Fsp3) is 0.154. The van der Waals surface area contributed by atoms with Crippen molar-refractivity contribution in [2.24, 2.45) is 0 Å². The summed E-state index contributed by atoms with van der Waals surface area (Å²) in [6, 6.07) is 10.4. The van der Waals surface area contributed by atoms with E-state index in [1.807, 2.05) is 18.3 Å². The molecule has 0 spiro atoms. The average molecular weight is 198 g/mol. The standard InChI is InChI=1S/C13H14N2/c1-2-6-12(13-9-14-10-15-13)11-7-4-3-5-8-11/h2-5,7-10,12H,1,6H2,(H,14,15). The molecule has 0 aliphatic carbocycles. The van der Waals surface area contributed by atoms with Gasteiger partial charge in [0.25, 0.3) is 0 Å². The first-order valence-corrected chi connectivity index (χ1v) is 5.06. The van der Waals surface area contributed by atoms with Gasteiger partial charge in [0, 0.05) is 12.1 Å². The van der Waals surface area contributed by atoms with Gasteiger partial charge >= 0.3 is 0 Å². The van der Waals surface area contributed by atoms with E-state index in [0.717, 1.165) is 12.1 Å². The summed E-state index contributed by atoms with van der Waals surface area (Å²) in [6.45, 7) is 3.80. The van der Waals surface area contributed by atoms with E-state index in [9.17, 15) is 0 Å². The van der Waals surface area contributed by atoms with Gasteiger partial charge in [0.1, 0.15) is 0 Å². The zero-order chi connectivity index (χ0) is 10.5. The Balaban J connectivity index is 2.32. The van der Waals surface area contributed by atoms with E-state index < -0.39 is 0 Å². The topological polar surface area (TPSA) is 28.7 Å². The number of hydrogen-bond donors (Lipinski definition) is 1. The van der Waals surface area contributed by atoms with Crippen molar-refractivity contribution >= 4 is 0 Å². The number of imidazole rings is 1. The lowest BCUT2D eigenvalue weighted by atomic mass is 9.93. The number of allylic oxidation sites excluding steroid dienone is 1. The molecule has 1 heterocycles. The van der Waals surface area contributed by atoms with Crippen LogP contribution in [0.2, 0.25) is 0 Å². The predicted molar refractivity (Wildman–Crippen MR) is 61.7 cm³/mol.